The summed E-state index contributed by atoms with van der Waals surface area (Å²) in [5.74, 6) is 1.29. The molecule has 4 heteroatoms. The highest BCUT2D eigenvalue weighted by Crippen LogP contribution is 2.27. The zero-order chi connectivity index (χ0) is 14.4. The number of ether oxygens (including phenoxy) is 1. The summed E-state index contributed by atoms with van der Waals surface area (Å²) in [7, 11) is 1.62. The molecule has 1 aliphatic carbocycles. The van der Waals surface area contributed by atoms with E-state index in [1.807, 2.05) is 24.3 Å². The van der Waals surface area contributed by atoms with Crippen LogP contribution in [-0.2, 0) is 4.79 Å². The number of rotatable bonds is 5. The molecule has 0 bridgehead atoms. The van der Waals surface area contributed by atoms with Crippen LogP contribution in [0.4, 0.5) is 5.69 Å². The number of hydrogen-bond acceptors (Lipinski definition) is 3. The Kier molecular flexibility index (Phi) is 5.41. The molecule has 0 saturated heterocycles. The van der Waals surface area contributed by atoms with Crippen molar-refractivity contribution in [1.29, 1.82) is 0 Å². The first-order valence-corrected chi connectivity index (χ1v) is 7.39. The molecular formula is C16H24N2O2. The fourth-order valence-corrected chi connectivity index (χ4v) is 2.80. The van der Waals surface area contributed by atoms with E-state index < -0.39 is 6.04 Å². The Morgan fingerprint density at radius 2 is 1.95 bits per heavy atom. The van der Waals surface area contributed by atoms with Crippen molar-refractivity contribution in [3.05, 3.63) is 24.3 Å². The molecule has 1 atom stereocenters. The summed E-state index contributed by atoms with van der Waals surface area (Å²) in [5, 5.41) is 2.86. The van der Waals surface area contributed by atoms with Crippen molar-refractivity contribution < 1.29 is 9.53 Å². The Morgan fingerprint density at radius 3 is 2.55 bits per heavy atom. The number of amides is 1. The Labute approximate surface area is 120 Å². The maximum atomic E-state index is 12.1. The van der Waals surface area contributed by atoms with Crippen LogP contribution in [0.2, 0.25) is 0 Å². The van der Waals surface area contributed by atoms with E-state index in [0.717, 1.165) is 17.9 Å². The summed E-state index contributed by atoms with van der Waals surface area (Å²) in [6.07, 6.45) is 7.09. The van der Waals surface area contributed by atoms with Gasteiger partial charge in [-0.1, -0.05) is 32.1 Å². The van der Waals surface area contributed by atoms with E-state index in [1.165, 1.54) is 32.1 Å². The molecule has 1 fully saturated rings. The number of benzene rings is 1. The van der Waals surface area contributed by atoms with Gasteiger partial charge in [-0.3, -0.25) is 4.79 Å². The lowest BCUT2D eigenvalue weighted by Gasteiger charge is -2.24. The Morgan fingerprint density at radius 1 is 1.30 bits per heavy atom. The predicted molar refractivity (Wildman–Crippen MR) is 80.8 cm³/mol. The fraction of sp³-hybridized carbons (Fsp3) is 0.562. The van der Waals surface area contributed by atoms with Gasteiger partial charge in [-0.2, -0.15) is 0 Å². The molecule has 4 nitrogen and oxygen atoms in total. The maximum absolute atomic E-state index is 12.1. The first kappa shape index (κ1) is 14.9. The zero-order valence-electron chi connectivity index (χ0n) is 12.1. The number of methoxy groups -OCH3 is 1. The number of carbonyl (C=O) groups is 1. The van der Waals surface area contributed by atoms with Gasteiger partial charge in [0.05, 0.1) is 13.2 Å². The van der Waals surface area contributed by atoms with Gasteiger partial charge < -0.3 is 15.8 Å². The topological polar surface area (TPSA) is 64.3 Å². The van der Waals surface area contributed by atoms with Crippen LogP contribution in [0.25, 0.3) is 0 Å². The van der Waals surface area contributed by atoms with Gasteiger partial charge in [0.2, 0.25) is 5.91 Å². The molecule has 110 valence electrons. The van der Waals surface area contributed by atoms with Crippen molar-refractivity contribution in [2.24, 2.45) is 11.7 Å². The third-order valence-electron chi connectivity index (χ3n) is 4.01. The molecule has 0 spiro atoms. The third-order valence-corrected chi connectivity index (χ3v) is 4.01. The third kappa shape index (κ3) is 4.23. The zero-order valence-corrected chi connectivity index (χ0v) is 12.1. The van der Waals surface area contributed by atoms with Crippen LogP contribution in [0.3, 0.4) is 0 Å². The smallest absolute Gasteiger partial charge is 0.241 e. The van der Waals surface area contributed by atoms with Crippen LogP contribution in [-0.4, -0.2) is 19.1 Å². The van der Waals surface area contributed by atoms with Gasteiger partial charge in [0.25, 0.3) is 0 Å². The van der Waals surface area contributed by atoms with Gasteiger partial charge in [-0.05, 0) is 36.6 Å². The first-order chi connectivity index (χ1) is 9.69. The second kappa shape index (κ2) is 7.29. The van der Waals surface area contributed by atoms with Crippen LogP contribution in [0.15, 0.2) is 24.3 Å². The maximum Gasteiger partial charge on any atom is 0.241 e. The van der Waals surface area contributed by atoms with E-state index in [2.05, 4.69) is 5.32 Å². The molecule has 1 aliphatic rings. The quantitative estimate of drug-likeness (QED) is 0.869. The largest absolute Gasteiger partial charge is 0.497 e. The molecule has 0 heterocycles. The molecule has 1 aromatic carbocycles. The van der Waals surface area contributed by atoms with E-state index in [1.54, 1.807) is 7.11 Å². The lowest BCUT2D eigenvalue weighted by molar-refractivity contribution is -0.117. The van der Waals surface area contributed by atoms with E-state index in [4.69, 9.17) is 10.5 Å². The van der Waals surface area contributed by atoms with E-state index >= 15 is 0 Å². The fourth-order valence-electron chi connectivity index (χ4n) is 2.80. The highest BCUT2D eigenvalue weighted by Gasteiger charge is 2.21. The van der Waals surface area contributed by atoms with Gasteiger partial charge in [0.15, 0.2) is 0 Å². The number of hydrogen-bond donors (Lipinski definition) is 2. The summed E-state index contributed by atoms with van der Waals surface area (Å²) in [5.41, 5.74) is 6.77. The lowest BCUT2D eigenvalue weighted by atomic mass is 9.85. The van der Waals surface area contributed by atoms with Crippen molar-refractivity contribution in [2.45, 2.75) is 44.6 Å². The first-order valence-electron chi connectivity index (χ1n) is 7.39. The number of carbonyl (C=O) groups excluding carboxylic acids is 1. The average Bonchev–Trinajstić information content (AvgIpc) is 2.49. The molecule has 1 unspecified atom stereocenters. The molecule has 0 radical (unpaired) electrons. The second-order valence-corrected chi connectivity index (χ2v) is 5.56. The highest BCUT2D eigenvalue weighted by molar-refractivity contribution is 5.94. The van der Waals surface area contributed by atoms with Gasteiger partial charge in [-0.15, -0.1) is 0 Å². The molecule has 20 heavy (non-hydrogen) atoms. The summed E-state index contributed by atoms with van der Waals surface area (Å²) in [6, 6.07) is 6.87. The molecule has 1 saturated carbocycles. The van der Waals surface area contributed by atoms with Gasteiger partial charge in [-0.25, -0.2) is 0 Å². The molecular weight excluding hydrogens is 252 g/mol. The molecule has 0 aliphatic heterocycles. The second-order valence-electron chi connectivity index (χ2n) is 5.56. The number of anilines is 1. The lowest BCUT2D eigenvalue weighted by Crippen LogP contribution is -2.37. The van der Waals surface area contributed by atoms with Crippen LogP contribution >= 0.6 is 0 Å². The number of nitrogens with two attached hydrogens (primary N) is 1. The van der Waals surface area contributed by atoms with Crippen molar-refractivity contribution in [1.82, 2.24) is 0 Å². The predicted octanol–water partition coefficient (Wildman–Crippen LogP) is 2.93. The monoisotopic (exact) mass is 276 g/mol. The highest BCUT2D eigenvalue weighted by atomic mass is 16.5. The van der Waals surface area contributed by atoms with Crippen molar-refractivity contribution in [3.8, 4) is 5.75 Å². The molecule has 3 N–H and O–H groups in total. The van der Waals surface area contributed by atoms with Gasteiger partial charge >= 0.3 is 0 Å². The minimum Gasteiger partial charge on any atom is -0.497 e. The van der Waals surface area contributed by atoms with Crippen LogP contribution < -0.4 is 15.8 Å². The van der Waals surface area contributed by atoms with Gasteiger partial charge in [0.1, 0.15) is 5.75 Å². The van der Waals surface area contributed by atoms with Crippen LogP contribution in [0, 0.1) is 5.92 Å². The van der Waals surface area contributed by atoms with E-state index in [-0.39, 0.29) is 5.91 Å². The SMILES string of the molecule is COc1ccc(NC(=O)C(N)CC2CCCCC2)cc1. The Balaban J connectivity index is 1.83. The van der Waals surface area contributed by atoms with Gasteiger partial charge in [0, 0.05) is 5.69 Å². The molecule has 2 rings (SSSR count). The van der Waals surface area contributed by atoms with Crippen LogP contribution in [0.5, 0.6) is 5.75 Å². The van der Waals surface area contributed by atoms with E-state index in [9.17, 15) is 4.79 Å². The van der Waals surface area contributed by atoms with E-state index in [0.29, 0.717) is 5.92 Å². The Bertz CT molecular complexity index is 425. The minimum atomic E-state index is -0.416. The molecule has 1 aromatic rings. The molecule has 1 amide bonds. The Hall–Kier alpha value is -1.55. The van der Waals surface area contributed by atoms with Crippen molar-refractivity contribution >= 4 is 11.6 Å². The molecule has 0 aromatic heterocycles. The summed E-state index contributed by atoms with van der Waals surface area (Å²) >= 11 is 0. The van der Waals surface area contributed by atoms with Crippen LogP contribution in [0.1, 0.15) is 38.5 Å². The summed E-state index contributed by atoms with van der Waals surface area (Å²) in [4.78, 5) is 12.1. The summed E-state index contributed by atoms with van der Waals surface area (Å²) < 4.78 is 5.08. The summed E-state index contributed by atoms with van der Waals surface area (Å²) in [6.45, 7) is 0. The van der Waals surface area contributed by atoms with Crippen molar-refractivity contribution in [2.75, 3.05) is 12.4 Å². The average molecular weight is 276 g/mol. The van der Waals surface area contributed by atoms with Crippen molar-refractivity contribution in [3.63, 3.8) is 0 Å². The standard InChI is InChI=1S/C16H24N2O2/c1-20-14-9-7-13(8-10-14)18-16(19)15(17)11-12-5-3-2-4-6-12/h7-10,12,15H,2-6,11,17H2,1H3,(H,18,19). The number of nitrogens with one attached hydrogen (secondary N) is 1. The minimum absolute atomic E-state index is 0.0965. The normalized spacial score (nSPS) is 17.5.